The first-order chi connectivity index (χ1) is 14.2. The number of thiophene rings is 1. The molecule has 2 aromatic carbocycles. The van der Waals surface area contributed by atoms with Crippen molar-refractivity contribution in [2.75, 3.05) is 51.8 Å². The molecular weight excluding hydrogens is 384 g/mol. The fourth-order valence-corrected chi connectivity index (χ4v) is 4.97. The Morgan fingerprint density at radius 2 is 1.83 bits per heavy atom. The average Bonchev–Trinajstić information content (AvgIpc) is 3.21. The summed E-state index contributed by atoms with van der Waals surface area (Å²) in [4.78, 5) is 4.81. The van der Waals surface area contributed by atoms with E-state index in [1.54, 1.807) is 25.6 Å². The summed E-state index contributed by atoms with van der Waals surface area (Å²) in [6.07, 6.45) is 0.278. The largest absolute Gasteiger partial charge is 0.497 e. The molecule has 1 N–H and O–H groups in total. The first-order valence-corrected chi connectivity index (χ1v) is 10.9. The van der Waals surface area contributed by atoms with Crippen LogP contribution < -0.4 is 14.4 Å². The van der Waals surface area contributed by atoms with E-state index in [0.29, 0.717) is 0 Å². The minimum absolute atomic E-state index is 0.455. The first kappa shape index (κ1) is 20.0. The highest BCUT2D eigenvalue weighted by Gasteiger charge is 2.21. The SMILES string of the molecule is COc1ccc2scc(C(O)CCN3CCN(c4ccccc4OC)CC3)c2c1. The number of anilines is 1. The molecule has 3 aromatic rings. The second kappa shape index (κ2) is 9.03. The molecule has 0 bridgehead atoms. The molecule has 0 amide bonds. The van der Waals surface area contributed by atoms with Crippen LogP contribution in [0.3, 0.4) is 0 Å². The summed E-state index contributed by atoms with van der Waals surface area (Å²) in [5, 5.41) is 14.0. The van der Waals surface area contributed by atoms with Crippen molar-refractivity contribution in [3.8, 4) is 11.5 Å². The number of hydrogen-bond acceptors (Lipinski definition) is 6. The standard InChI is InChI=1S/C23H28N2O3S/c1-27-17-7-8-23-18(15-17)19(16-29-23)21(26)9-10-24-11-13-25(14-12-24)20-5-3-4-6-22(20)28-2/h3-8,15-16,21,26H,9-14H2,1-2H3. The van der Waals surface area contributed by atoms with Crippen LogP contribution in [0.2, 0.25) is 0 Å². The van der Waals surface area contributed by atoms with Gasteiger partial charge in [0, 0.05) is 42.8 Å². The molecule has 154 valence electrons. The molecule has 0 spiro atoms. The second-order valence-electron chi connectivity index (χ2n) is 7.36. The Kier molecular flexibility index (Phi) is 6.23. The van der Waals surface area contributed by atoms with Gasteiger partial charge >= 0.3 is 0 Å². The normalized spacial score (nSPS) is 16.2. The van der Waals surface area contributed by atoms with Crippen LogP contribution in [0.25, 0.3) is 10.1 Å². The Hall–Kier alpha value is -2.28. The smallest absolute Gasteiger partial charge is 0.142 e. The minimum atomic E-state index is -0.455. The number of rotatable bonds is 7. The molecule has 1 fully saturated rings. The monoisotopic (exact) mass is 412 g/mol. The van der Waals surface area contributed by atoms with Crippen molar-refractivity contribution in [2.24, 2.45) is 0 Å². The van der Waals surface area contributed by atoms with E-state index in [1.807, 2.05) is 24.3 Å². The van der Waals surface area contributed by atoms with Crippen LogP contribution in [0.15, 0.2) is 47.8 Å². The highest BCUT2D eigenvalue weighted by Crippen LogP contribution is 2.34. The fraction of sp³-hybridized carbons (Fsp3) is 0.391. The van der Waals surface area contributed by atoms with Crippen LogP contribution in [0.1, 0.15) is 18.1 Å². The van der Waals surface area contributed by atoms with Gasteiger partial charge in [0.1, 0.15) is 11.5 Å². The number of aliphatic hydroxyl groups is 1. The molecule has 1 aromatic heterocycles. The lowest BCUT2D eigenvalue weighted by Gasteiger charge is -2.36. The van der Waals surface area contributed by atoms with Crippen LogP contribution in [0, 0.1) is 0 Å². The quantitative estimate of drug-likeness (QED) is 0.631. The van der Waals surface area contributed by atoms with Gasteiger partial charge in [0.25, 0.3) is 0 Å². The van der Waals surface area contributed by atoms with E-state index in [-0.39, 0.29) is 0 Å². The summed E-state index contributed by atoms with van der Waals surface area (Å²) in [6.45, 7) is 4.80. The molecule has 4 rings (SSSR count). The maximum absolute atomic E-state index is 10.8. The third-order valence-electron chi connectivity index (χ3n) is 5.69. The molecule has 1 atom stereocenters. The van der Waals surface area contributed by atoms with Crippen LogP contribution in [0.5, 0.6) is 11.5 Å². The highest BCUT2D eigenvalue weighted by molar-refractivity contribution is 7.17. The van der Waals surface area contributed by atoms with Gasteiger partial charge in [-0.15, -0.1) is 11.3 Å². The summed E-state index contributed by atoms with van der Waals surface area (Å²) in [5.41, 5.74) is 2.17. The molecule has 1 aliphatic rings. The van der Waals surface area contributed by atoms with Crippen molar-refractivity contribution < 1.29 is 14.6 Å². The highest BCUT2D eigenvalue weighted by atomic mass is 32.1. The third kappa shape index (κ3) is 4.34. The van der Waals surface area contributed by atoms with Crippen molar-refractivity contribution in [3.05, 3.63) is 53.4 Å². The van der Waals surface area contributed by atoms with Gasteiger partial charge < -0.3 is 19.5 Å². The van der Waals surface area contributed by atoms with E-state index in [0.717, 1.165) is 67.3 Å². The van der Waals surface area contributed by atoms with Gasteiger partial charge in [-0.25, -0.2) is 0 Å². The van der Waals surface area contributed by atoms with Crippen molar-refractivity contribution in [2.45, 2.75) is 12.5 Å². The number of hydrogen-bond donors (Lipinski definition) is 1. The number of ether oxygens (including phenoxy) is 2. The molecule has 1 aliphatic heterocycles. The number of fused-ring (bicyclic) bond motifs is 1. The molecule has 0 aliphatic carbocycles. The molecule has 1 saturated heterocycles. The van der Waals surface area contributed by atoms with Crippen LogP contribution in [0.4, 0.5) is 5.69 Å². The Labute approximate surface area is 176 Å². The van der Waals surface area contributed by atoms with E-state index >= 15 is 0 Å². The van der Waals surface area contributed by atoms with E-state index in [1.165, 1.54) is 4.70 Å². The second-order valence-corrected chi connectivity index (χ2v) is 8.27. The molecule has 5 nitrogen and oxygen atoms in total. The van der Waals surface area contributed by atoms with Crippen molar-refractivity contribution >= 4 is 27.1 Å². The summed E-state index contributed by atoms with van der Waals surface area (Å²) in [5.74, 6) is 1.76. The zero-order valence-corrected chi connectivity index (χ0v) is 17.8. The van der Waals surface area contributed by atoms with Crippen molar-refractivity contribution in [3.63, 3.8) is 0 Å². The van der Waals surface area contributed by atoms with Gasteiger partial charge in [0.2, 0.25) is 0 Å². The summed E-state index contributed by atoms with van der Waals surface area (Å²) in [7, 11) is 3.40. The van der Waals surface area contributed by atoms with Gasteiger partial charge in [-0.2, -0.15) is 0 Å². The zero-order valence-electron chi connectivity index (χ0n) is 17.0. The summed E-state index contributed by atoms with van der Waals surface area (Å²) < 4.78 is 12.0. The minimum Gasteiger partial charge on any atom is -0.497 e. The Bertz CT molecular complexity index is 950. The number of aliphatic hydroxyl groups excluding tert-OH is 1. The number of para-hydroxylation sites is 2. The lowest BCUT2D eigenvalue weighted by Crippen LogP contribution is -2.46. The van der Waals surface area contributed by atoms with E-state index in [2.05, 4.69) is 33.4 Å². The maximum atomic E-state index is 10.8. The number of benzene rings is 2. The summed E-state index contributed by atoms with van der Waals surface area (Å²) in [6, 6.07) is 14.2. The summed E-state index contributed by atoms with van der Waals surface area (Å²) >= 11 is 1.68. The molecule has 1 unspecified atom stereocenters. The Balaban J connectivity index is 1.34. The molecular formula is C23H28N2O3S. The zero-order chi connectivity index (χ0) is 20.2. The lowest BCUT2D eigenvalue weighted by atomic mass is 10.0. The molecule has 2 heterocycles. The first-order valence-electron chi connectivity index (χ1n) is 10.0. The van der Waals surface area contributed by atoms with Gasteiger partial charge in [0.05, 0.1) is 26.0 Å². The third-order valence-corrected chi connectivity index (χ3v) is 6.67. The van der Waals surface area contributed by atoms with E-state index in [4.69, 9.17) is 9.47 Å². The average molecular weight is 413 g/mol. The molecule has 29 heavy (non-hydrogen) atoms. The van der Waals surface area contributed by atoms with Crippen molar-refractivity contribution in [1.82, 2.24) is 4.90 Å². The van der Waals surface area contributed by atoms with Crippen molar-refractivity contribution in [1.29, 1.82) is 0 Å². The topological polar surface area (TPSA) is 45.2 Å². The molecule has 0 saturated carbocycles. The predicted molar refractivity (Wildman–Crippen MR) is 120 cm³/mol. The van der Waals surface area contributed by atoms with Gasteiger partial charge in [-0.05, 0) is 47.7 Å². The number of piperazine rings is 1. The molecule has 6 heteroatoms. The van der Waals surface area contributed by atoms with Gasteiger partial charge in [0.15, 0.2) is 0 Å². The van der Waals surface area contributed by atoms with Crippen LogP contribution in [-0.2, 0) is 0 Å². The fourth-order valence-electron chi connectivity index (χ4n) is 3.98. The van der Waals surface area contributed by atoms with Gasteiger partial charge in [-0.3, -0.25) is 4.90 Å². The van der Waals surface area contributed by atoms with Crippen LogP contribution in [-0.4, -0.2) is 56.9 Å². The Morgan fingerprint density at radius 1 is 1.03 bits per heavy atom. The molecule has 0 radical (unpaired) electrons. The lowest BCUT2D eigenvalue weighted by molar-refractivity contribution is 0.141. The van der Waals surface area contributed by atoms with Crippen LogP contribution >= 0.6 is 11.3 Å². The Morgan fingerprint density at radius 3 is 2.59 bits per heavy atom. The number of methoxy groups -OCH3 is 2. The maximum Gasteiger partial charge on any atom is 0.142 e. The van der Waals surface area contributed by atoms with Gasteiger partial charge in [-0.1, -0.05) is 12.1 Å². The van der Waals surface area contributed by atoms with E-state index < -0.39 is 6.10 Å². The predicted octanol–water partition coefficient (Wildman–Crippen LogP) is 4.16. The number of nitrogens with zero attached hydrogens (tertiary/aromatic N) is 2. The van der Waals surface area contributed by atoms with E-state index in [9.17, 15) is 5.11 Å².